The van der Waals surface area contributed by atoms with Crippen LogP contribution in [0, 0.1) is 0 Å². The Hall–Kier alpha value is -1.40. The summed E-state index contributed by atoms with van der Waals surface area (Å²) >= 11 is 10.7. The number of nitrogens with zero attached hydrogens (tertiary/aromatic N) is 1. The van der Waals surface area contributed by atoms with Crippen LogP contribution >= 0.6 is 23.8 Å². The van der Waals surface area contributed by atoms with Crippen LogP contribution in [0.3, 0.4) is 0 Å². The third kappa shape index (κ3) is 6.35. The van der Waals surface area contributed by atoms with Crippen LogP contribution in [0.2, 0.25) is 5.15 Å². The minimum Gasteiger partial charge on any atom is -0.361 e. The molecular formula is C12H17ClN4OS. The van der Waals surface area contributed by atoms with Gasteiger partial charge in [0.1, 0.15) is 5.15 Å². The Kier molecular flexibility index (Phi) is 7.14. The number of aromatic nitrogens is 1. The van der Waals surface area contributed by atoms with Crippen molar-refractivity contribution in [2.24, 2.45) is 0 Å². The fraction of sp³-hybridized carbons (Fsp3) is 0.417. The van der Waals surface area contributed by atoms with Crippen molar-refractivity contribution >= 4 is 34.8 Å². The van der Waals surface area contributed by atoms with Gasteiger partial charge in [-0.2, -0.15) is 0 Å². The molecule has 1 amide bonds. The summed E-state index contributed by atoms with van der Waals surface area (Å²) in [4.78, 5) is 15.5. The topological polar surface area (TPSA) is 66.0 Å². The molecule has 7 heteroatoms. The van der Waals surface area contributed by atoms with Gasteiger partial charge in [-0.15, -0.1) is 0 Å². The van der Waals surface area contributed by atoms with E-state index in [4.69, 9.17) is 23.8 Å². The van der Waals surface area contributed by atoms with Crippen molar-refractivity contribution < 1.29 is 4.79 Å². The van der Waals surface area contributed by atoms with Crippen LogP contribution in [0.25, 0.3) is 0 Å². The van der Waals surface area contributed by atoms with E-state index in [-0.39, 0.29) is 5.91 Å². The van der Waals surface area contributed by atoms with E-state index < -0.39 is 0 Å². The van der Waals surface area contributed by atoms with Crippen molar-refractivity contribution in [3.8, 4) is 0 Å². The highest BCUT2D eigenvalue weighted by atomic mass is 35.5. The highest BCUT2D eigenvalue weighted by molar-refractivity contribution is 7.80. The molecule has 0 unspecified atom stereocenters. The van der Waals surface area contributed by atoms with Gasteiger partial charge in [0, 0.05) is 12.7 Å². The van der Waals surface area contributed by atoms with Gasteiger partial charge in [-0.05, 0) is 30.8 Å². The third-order valence-corrected chi connectivity index (χ3v) is 2.82. The average molecular weight is 301 g/mol. The number of hydrazine groups is 1. The van der Waals surface area contributed by atoms with E-state index in [2.05, 4.69) is 28.1 Å². The summed E-state index contributed by atoms with van der Waals surface area (Å²) in [5, 5.41) is 3.74. The number of carbonyl (C=O) groups excluding carboxylic acids is 1. The Morgan fingerprint density at radius 1 is 1.37 bits per heavy atom. The Bertz CT molecular complexity index is 424. The Morgan fingerprint density at radius 2 is 2.16 bits per heavy atom. The molecule has 1 aromatic heterocycles. The Balaban J connectivity index is 2.26. The number of thiocarbonyl (C=S) groups is 1. The quantitative estimate of drug-likeness (QED) is 0.336. The second kappa shape index (κ2) is 8.66. The third-order valence-electron chi connectivity index (χ3n) is 2.35. The van der Waals surface area contributed by atoms with Crippen LogP contribution < -0.4 is 16.2 Å². The van der Waals surface area contributed by atoms with Crippen LogP contribution in [-0.4, -0.2) is 22.5 Å². The van der Waals surface area contributed by atoms with E-state index in [1.54, 1.807) is 12.1 Å². The molecule has 3 N–H and O–H groups in total. The van der Waals surface area contributed by atoms with E-state index in [0.29, 0.717) is 15.8 Å². The monoisotopic (exact) mass is 300 g/mol. The van der Waals surface area contributed by atoms with E-state index in [9.17, 15) is 4.79 Å². The summed E-state index contributed by atoms with van der Waals surface area (Å²) in [7, 11) is 0. The highest BCUT2D eigenvalue weighted by Gasteiger charge is 2.05. The lowest BCUT2D eigenvalue weighted by Crippen LogP contribution is -2.47. The van der Waals surface area contributed by atoms with Crippen molar-refractivity contribution in [2.45, 2.75) is 26.2 Å². The van der Waals surface area contributed by atoms with Crippen molar-refractivity contribution in [3.63, 3.8) is 0 Å². The van der Waals surface area contributed by atoms with Crippen LogP contribution in [0.5, 0.6) is 0 Å². The van der Waals surface area contributed by atoms with Gasteiger partial charge in [0.15, 0.2) is 5.11 Å². The maximum Gasteiger partial charge on any atom is 0.271 e. The molecule has 0 saturated carbocycles. The lowest BCUT2D eigenvalue weighted by Gasteiger charge is -2.11. The van der Waals surface area contributed by atoms with Crippen LogP contribution in [-0.2, 0) is 0 Å². The predicted octanol–water partition coefficient (Wildman–Crippen LogP) is 2.03. The van der Waals surface area contributed by atoms with Crippen molar-refractivity contribution in [3.05, 3.63) is 29.0 Å². The van der Waals surface area contributed by atoms with Crippen molar-refractivity contribution in [1.29, 1.82) is 0 Å². The lowest BCUT2D eigenvalue weighted by atomic mass is 10.2. The maximum atomic E-state index is 11.7. The minimum absolute atomic E-state index is 0.318. The standard InChI is InChI=1S/C12H17ClN4OS/c1-2-3-4-7-14-12(19)17-16-11(18)9-5-6-10(13)15-8-9/h5-6,8H,2-4,7H2,1H3,(H,16,18)(H2,14,17,19). The van der Waals surface area contributed by atoms with Gasteiger partial charge < -0.3 is 5.32 Å². The normalized spacial score (nSPS) is 9.79. The van der Waals surface area contributed by atoms with E-state index in [1.165, 1.54) is 6.20 Å². The molecule has 1 aromatic rings. The van der Waals surface area contributed by atoms with Crippen molar-refractivity contribution in [1.82, 2.24) is 21.2 Å². The first kappa shape index (κ1) is 15.7. The summed E-state index contributed by atoms with van der Waals surface area (Å²) in [5.41, 5.74) is 5.52. The van der Waals surface area contributed by atoms with Gasteiger partial charge >= 0.3 is 0 Å². The summed E-state index contributed by atoms with van der Waals surface area (Å²) in [6, 6.07) is 3.14. The van der Waals surface area contributed by atoms with Gasteiger partial charge in [-0.3, -0.25) is 15.6 Å². The molecular weight excluding hydrogens is 284 g/mol. The number of hydrogen-bond acceptors (Lipinski definition) is 3. The zero-order chi connectivity index (χ0) is 14.1. The molecule has 19 heavy (non-hydrogen) atoms. The first-order valence-electron chi connectivity index (χ1n) is 6.09. The Labute approximate surface area is 123 Å². The molecule has 0 saturated heterocycles. The van der Waals surface area contributed by atoms with Crippen LogP contribution in [0.15, 0.2) is 18.3 Å². The van der Waals surface area contributed by atoms with Crippen LogP contribution in [0.4, 0.5) is 0 Å². The summed E-state index contributed by atoms with van der Waals surface area (Å²) < 4.78 is 0. The number of carbonyl (C=O) groups is 1. The van der Waals surface area contributed by atoms with E-state index >= 15 is 0 Å². The molecule has 0 aliphatic rings. The van der Waals surface area contributed by atoms with E-state index in [0.717, 1.165) is 25.8 Å². The van der Waals surface area contributed by atoms with Crippen LogP contribution in [0.1, 0.15) is 36.5 Å². The van der Waals surface area contributed by atoms with E-state index in [1.807, 2.05) is 0 Å². The molecule has 0 aromatic carbocycles. The zero-order valence-corrected chi connectivity index (χ0v) is 12.3. The second-order valence-corrected chi connectivity index (χ2v) is 4.71. The van der Waals surface area contributed by atoms with Gasteiger partial charge in [0.25, 0.3) is 5.91 Å². The number of rotatable bonds is 5. The number of amides is 1. The highest BCUT2D eigenvalue weighted by Crippen LogP contribution is 2.04. The fourth-order valence-corrected chi connectivity index (χ4v) is 1.58. The lowest BCUT2D eigenvalue weighted by molar-refractivity contribution is 0.0943. The molecule has 1 rings (SSSR count). The summed E-state index contributed by atoms with van der Waals surface area (Å²) in [6.07, 6.45) is 4.75. The molecule has 0 fully saturated rings. The first-order valence-corrected chi connectivity index (χ1v) is 6.88. The van der Waals surface area contributed by atoms with Gasteiger partial charge in [-0.1, -0.05) is 31.4 Å². The number of pyridine rings is 1. The molecule has 0 atom stereocenters. The predicted molar refractivity (Wildman–Crippen MR) is 80.0 cm³/mol. The zero-order valence-electron chi connectivity index (χ0n) is 10.7. The molecule has 0 spiro atoms. The molecule has 0 radical (unpaired) electrons. The smallest absolute Gasteiger partial charge is 0.271 e. The molecule has 104 valence electrons. The summed E-state index contributed by atoms with van der Waals surface area (Å²) in [6.45, 7) is 2.93. The second-order valence-electron chi connectivity index (χ2n) is 3.91. The number of nitrogens with one attached hydrogen (secondary N) is 3. The number of unbranched alkanes of at least 4 members (excludes halogenated alkanes) is 2. The molecule has 1 heterocycles. The van der Waals surface area contributed by atoms with Gasteiger partial charge in [0.2, 0.25) is 0 Å². The van der Waals surface area contributed by atoms with Crippen molar-refractivity contribution in [2.75, 3.05) is 6.54 Å². The van der Waals surface area contributed by atoms with Gasteiger partial charge in [0.05, 0.1) is 5.56 Å². The Morgan fingerprint density at radius 3 is 2.79 bits per heavy atom. The molecule has 0 bridgehead atoms. The first-order chi connectivity index (χ1) is 9.13. The minimum atomic E-state index is -0.318. The number of hydrogen-bond donors (Lipinski definition) is 3. The fourth-order valence-electron chi connectivity index (χ4n) is 1.32. The molecule has 5 nitrogen and oxygen atoms in total. The average Bonchev–Trinajstić information content (AvgIpc) is 2.42. The van der Waals surface area contributed by atoms with Gasteiger partial charge in [-0.25, -0.2) is 4.98 Å². The maximum absolute atomic E-state index is 11.7. The number of halogens is 1. The molecule has 0 aliphatic heterocycles. The largest absolute Gasteiger partial charge is 0.361 e. The summed E-state index contributed by atoms with van der Waals surface area (Å²) in [5.74, 6) is -0.318. The SMILES string of the molecule is CCCCCNC(=S)NNC(=O)c1ccc(Cl)nc1. The molecule has 0 aliphatic carbocycles.